The van der Waals surface area contributed by atoms with Crippen molar-refractivity contribution < 1.29 is 9.47 Å². The Balaban J connectivity index is 1.39. The van der Waals surface area contributed by atoms with Crippen LogP contribution in [0.3, 0.4) is 0 Å². The number of benzene rings is 2. The van der Waals surface area contributed by atoms with Crippen molar-refractivity contribution in [1.82, 2.24) is 15.0 Å². The molecule has 4 heterocycles. The van der Waals surface area contributed by atoms with Gasteiger partial charge in [-0.3, -0.25) is 4.98 Å². The van der Waals surface area contributed by atoms with Crippen LogP contribution in [0.5, 0.6) is 0 Å². The van der Waals surface area contributed by atoms with Crippen LogP contribution in [0.25, 0.3) is 33.3 Å². The SMILES string of the molecule is c1ccc2c(NCC3CCCO3)c(-c3nc4ccc(N5CCOCC5)cc4[nH]3)cnc2c1. The minimum Gasteiger partial charge on any atom is -0.381 e. The fraction of sp³-hybridized carbons (Fsp3) is 0.360. The number of fused-ring (bicyclic) bond motifs is 2. The standard InChI is InChI=1S/C25H27N5O2/c1-2-6-21-19(5-1)24(27-15-18-4-3-11-32-18)20(16-26-21)25-28-22-8-7-17(14-23(22)29-25)30-9-12-31-13-10-30/h1-2,5-8,14,16,18H,3-4,9-13,15H2,(H,26,27)(H,28,29). The Hall–Kier alpha value is -3.16. The van der Waals surface area contributed by atoms with Crippen molar-refractivity contribution in [3.8, 4) is 11.4 Å². The number of anilines is 2. The van der Waals surface area contributed by atoms with Crippen LogP contribution in [0.2, 0.25) is 0 Å². The summed E-state index contributed by atoms with van der Waals surface area (Å²) < 4.78 is 11.3. The van der Waals surface area contributed by atoms with Crippen LogP contribution in [-0.4, -0.2) is 60.5 Å². The Morgan fingerprint density at radius 3 is 2.84 bits per heavy atom. The number of rotatable bonds is 5. The maximum Gasteiger partial charge on any atom is 0.142 e. The quantitative estimate of drug-likeness (QED) is 0.495. The van der Waals surface area contributed by atoms with Crippen LogP contribution in [0.1, 0.15) is 12.8 Å². The van der Waals surface area contributed by atoms with E-state index in [-0.39, 0.29) is 6.10 Å². The third kappa shape index (κ3) is 3.67. The molecule has 1 atom stereocenters. The molecule has 1 unspecified atom stereocenters. The second-order valence-electron chi connectivity index (χ2n) is 8.47. The zero-order valence-corrected chi connectivity index (χ0v) is 18.0. The van der Waals surface area contributed by atoms with Crippen molar-refractivity contribution in [3.63, 3.8) is 0 Å². The number of imidazole rings is 1. The maximum atomic E-state index is 5.84. The molecule has 0 amide bonds. The minimum absolute atomic E-state index is 0.251. The molecule has 32 heavy (non-hydrogen) atoms. The molecule has 2 aliphatic heterocycles. The van der Waals surface area contributed by atoms with Crippen molar-refractivity contribution in [1.29, 1.82) is 0 Å². The predicted molar refractivity (Wildman–Crippen MR) is 127 cm³/mol. The lowest BCUT2D eigenvalue weighted by Gasteiger charge is -2.28. The van der Waals surface area contributed by atoms with Crippen LogP contribution in [-0.2, 0) is 9.47 Å². The highest BCUT2D eigenvalue weighted by atomic mass is 16.5. The summed E-state index contributed by atoms with van der Waals surface area (Å²) in [7, 11) is 0. The highest BCUT2D eigenvalue weighted by Crippen LogP contribution is 2.34. The number of hydrogen-bond donors (Lipinski definition) is 2. The molecular weight excluding hydrogens is 402 g/mol. The lowest BCUT2D eigenvalue weighted by atomic mass is 10.1. The average Bonchev–Trinajstić information content (AvgIpc) is 3.52. The van der Waals surface area contributed by atoms with Crippen molar-refractivity contribution in [3.05, 3.63) is 48.7 Å². The van der Waals surface area contributed by atoms with Gasteiger partial charge in [0.05, 0.1) is 47.1 Å². The second-order valence-corrected chi connectivity index (χ2v) is 8.47. The third-order valence-electron chi connectivity index (χ3n) is 6.40. The molecule has 0 spiro atoms. The molecule has 2 aromatic carbocycles. The molecule has 4 aromatic rings. The lowest BCUT2D eigenvalue weighted by Crippen LogP contribution is -2.36. The Labute approximate surface area is 186 Å². The first kappa shape index (κ1) is 19.5. The van der Waals surface area contributed by atoms with E-state index in [0.29, 0.717) is 0 Å². The fourth-order valence-corrected chi connectivity index (χ4v) is 4.68. The maximum absolute atomic E-state index is 5.84. The van der Waals surface area contributed by atoms with Gasteiger partial charge in [-0.25, -0.2) is 4.98 Å². The molecule has 2 aromatic heterocycles. The van der Waals surface area contributed by atoms with Crippen LogP contribution < -0.4 is 10.2 Å². The highest BCUT2D eigenvalue weighted by molar-refractivity contribution is 5.99. The van der Waals surface area contributed by atoms with Crippen molar-refractivity contribution in [2.24, 2.45) is 0 Å². The smallest absolute Gasteiger partial charge is 0.142 e. The van der Waals surface area contributed by atoms with Gasteiger partial charge in [0.1, 0.15) is 5.82 Å². The van der Waals surface area contributed by atoms with Gasteiger partial charge in [-0.05, 0) is 37.1 Å². The predicted octanol–water partition coefficient (Wildman–Crippen LogP) is 4.21. The summed E-state index contributed by atoms with van der Waals surface area (Å²) in [6.45, 7) is 5.01. The van der Waals surface area contributed by atoms with Crippen molar-refractivity contribution in [2.75, 3.05) is 49.7 Å². The zero-order chi connectivity index (χ0) is 21.3. The summed E-state index contributed by atoms with van der Waals surface area (Å²) in [6.07, 6.45) is 4.40. The number of pyridine rings is 1. The summed E-state index contributed by atoms with van der Waals surface area (Å²) in [5.74, 6) is 0.826. The van der Waals surface area contributed by atoms with Gasteiger partial charge in [0.15, 0.2) is 0 Å². The summed E-state index contributed by atoms with van der Waals surface area (Å²) in [5.41, 5.74) is 6.18. The van der Waals surface area contributed by atoms with Crippen LogP contribution >= 0.6 is 0 Å². The number of hydrogen-bond acceptors (Lipinski definition) is 6. The summed E-state index contributed by atoms with van der Waals surface area (Å²) >= 11 is 0. The van der Waals surface area contributed by atoms with Gasteiger partial charge in [-0.1, -0.05) is 18.2 Å². The molecule has 164 valence electrons. The van der Waals surface area contributed by atoms with Crippen LogP contribution in [0, 0.1) is 0 Å². The first-order valence-corrected chi connectivity index (χ1v) is 11.4. The molecule has 7 heteroatoms. The molecule has 2 saturated heterocycles. The third-order valence-corrected chi connectivity index (χ3v) is 6.40. The Morgan fingerprint density at radius 1 is 1.06 bits per heavy atom. The van der Waals surface area contributed by atoms with E-state index in [0.717, 1.165) is 91.3 Å². The monoisotopic (exact) mass is 429 g/mol. The van der Waals surface area contributed by atoms with Gasteiger partial charge in [-0.2, -0.15) is 0 Å². The molecule has 0 bridgehead atoms. The van der Waals surface area contributed by atoms with Crippen LogP contribution in [0.15, 0.2) is 48.7 Å². The Bertz CT molecular complexity index is 1240. The first-order chi connectivity index (χ1) is 15.8. The Morgan fingerprint density at radius 2 is 1.97 bits per heavy atom. The van der Waals surface area contributed by atoms with E-state index in [1.807, 2.05) is 18.3 Å². The van der Waals surface area contributed by atoms with E-state index < -0.39 is 0 Å². The number of para-hydroxylation sites is 1. The van der Waals surface area contributed by atoms with Gasteiger partial charge in [0.25, 0.3) is 0 Å². The molecule has 0 radical (unpaired) electrons. The molecule has 7 nitrogen and oxygen atoms in total. The highest BCUT2D eigenvalue weighted by Gasteiger charge is 2.19. The van der Waals surface area contributed by atoms with E-state index in [9.17, 15) is 0 Å². The summed E-state index contributed by atoms with van der Waals surface area (Å²) in [4.78, 5) is 15.5. The largest absolute Gasteiger partial charge is 0.381 e. The molecule has 0 aliphatic carbocycles. The van der Waals surface area contributed by atoms with E-state index in [4.69, 9.17) is 19.4 Å². The van der Waals surface area contributed by atoms with Crippen LogP contribution in [0.4, 0.5) is 11.4 Å². The summed E-state index contributed by atoms with van der Waals surface area (Å²) in [5, 5.41) is 4.75. The molecule has 2 aliphatic rings. The number of aromatic amines is 1. The number of nitrogens with one attached hydrogen (secondary N) is 2. The van der Waals surface area contributed by atoms with E-state index in [2.05, 4.69) is 45.5 Å². The van der Waals surface area contributed by atoms with E-state index in [1.165, 1.54) is 5.69 Å². The Kier molecular flexibility index (Phi) is 5.13. The van der Waals surface area contributed by atoms with Gasteiger partial charge >= 0.3 is 0 Å². The minimum atomic E-state index is 0.251. The van der Waals surface area contributed by atoms with E-state index in [1.54, 1.807) is 0 Å². The first-order valence-electron chi connectivity index (χ1n) is 11.4. The van der Waals surface area contributed by atoms with E-state index >= 15 is 0 Å². The van der Waals surface area contributed by atoms with Crippen molar-refractivity contribution >= 4 is 33.3 Å². The molecular formula is C25H27N5O2. The van der Waals surface area contributed by atoms with Gasteiger partial charge in [-0.15, -0.1) is 0 Å². The number of morpholine rings is 1. The molecule has 0 saturated carbocycles. The lowest BCUT2D eigenvalue weighted by molar-refractivity contribution is 0.120. The number of ether oxygens (including phenoxy) is 2. The van der Waals surface area contributed by atoms with Gasteiger partial charge < -0.3 is 24.7 Å². The molecule has 6 rings (SSSR count). The number of H-pyrrole nitrogens is 1. The summed E-state index contributed by atoms with van der Waals surface area (Å²) in [6, 6.07) is 14.7. The molecule has 2 N–H and O–H groups in total. The van der Waals surface area contributed by atoms with Crippen molar-refractivity contribution in [2.45, 2.75) is 18.9 Å². The molecule has 2 fully saturated rings. The van der Waals surface area contributed by atoms with Gasteiger partial charge in [0, 0.05) is 43.5 Å². The fourth-order valence-electron chi connectivity index (χ4n) is 4.68. The topological polar surface area (TPSA) is 75.3 Å². The second kappa shape index (κ2) is 8.41. The average molecular weight is 430 g/mol. The normalized spacial score (nSPS) is 19.1. The number of aromatic nitrogens is 3. The zero-order valence-electron chi connectivity index (χ0n) is 18.0. The number of nitrogens with zero attached hydrogens (tertiary/aromatic N) is 3. The van der Waals surface area contributed by atoms with Gasteiger partial charge in [0.2, 0.25) is 0 Å².